The molecule has 0 aliphatic rings. The Morgan fingerprint density at radius 1 is 0.464 bits per heavy atom. The van der Waals surface area contributed by atoms with Crippen molar-refractivity contribution in [2.75, 3.05) is 11.5 Å². The van der Waals surface area contributed by atoms with Crippen molar-refractivity contribution in [3.05, 3.63) is 107 Å². The third-order valence-corrected chi connectivity index (χ3v) is 4.71. The van der Waals surface area contributed by atoms with Crippen LogP contribution in [0.15, 0.2) is 97.1 Å². The normalized spacial score (nSPS) is 10.1. The number of halogens is 2. The molecule has 0 radical (unpaired) electrons. The summed E-state index contributed by atoms with van der Waals surface area (Å²) in [6, 6.07) is 31.0. The fourth-order valence-electron chi connectivity index (χ4n) is 2.71. The van der Waals surface area contributed by atoms with Crippen LogP contribution >= 0.6 is 23.2 Å². The van der Waals surface area contributed by atoms with E-state index in [0.717, 1.165) is 43.7 Å². The molecule has 0 saturated heterocycles. The average molecular weight is 407 g/mol. The van der Waals surface area contributed by atoms with Gasteiger partial charge in [0, 0.05) is 27.0 Å². The predicted octanol–water partition coefficient (Wildman–Crippen LogP) is 7.18. The van der Waals surface area contributed by atoms with Gasteiger partial charge in [-0.05, 0) is 59.2 Å². The lowest BCUT2D eigenvalue weighted by atomic mass is 10.0. The van der Waals surface area contributed by atoms with Gasteiger partial charge in [0.2, 0.25) is 0 Å². The Bertz CT molecular complexity index is 982. The van der Waals surface area contributed by atoms with Crippen LogP contribution in [0.3, 0.4) is 0 Å². The average Bonchev–Trinajstić information content (AvgIpc) is 2.71. The van der Waals surface area contributed by atoms with E-state index >= 15 is 0 Å². The summed E-state index contributed by atoms with van der Waals surface area (Å²) in [5.41, 5.74) is 17.5. The molecule has 0 fully saturated rings. The summed E-state index contributed by atoms with van der Waals surface area (Å²) in [6.07, 6.45) is 0. The summed E-state index contributed by atoms with van der Waals surface area (Å²) in [5.74, 6) is 0. The third-order valence-electron chi connectivity index (χ3n) is 4.20. The number of anilines is 2. The third kappa shape index (κ3) is 5.29. The number of nitrogens with two attached hydrogens (primary N) is 2. The first kappa shape index (κ1) is 19.8. The largest absolute Gasteiger partial charge is 0.399 e. The molecule has 0 amide bonds. The zero-order valence-electron chi connectivity index (χ0n) is 15.1. The van der Waals surface area contributed by atoms with Gasteiger partial charge in [-0.15, -0.1) is 0 Å². The second-order valence-electron chi connectivity index (χ2n) is 6.22. The number of benzene rings is 4. The second kappa shape index (κ2) is 9.32. The molecule has 0 spiro atoms. The molecule has 4 aromatic rings. The number of para-hydroxylation sites is 1. The molecule has 4 heteroatoms. The molecule has 0 unspecified atom stereocenters. The highest BCUT2D eigenvalue weighted by Gasteiger charge is 2.00. The summed E-state index contributed by atoms with van der Waals surface area (Å²) in [5, 5.41) is 1.49. The lowest BCUT2D eigenvalue weighted by Crippen LogP contribution is -1.88. The van der Waals surface area contributed by atoms with Gasteiger partial charge in [-0.25, -0.2) is 0 Å². The second-order valence-corrected chi connectivity index (χ2v) is 7.10. The first-order chi connectivity index (χ1) is 13.5. The van der Waals surface area contributed by atoms with Gasteiger partial charge in [0.1, 0.15) is 0 Å². The first-order valence-electron chi connectivity index (χ1n) is 8.75. The van der Waals surface area contributed by atoms with E-state index in [9.17, 15) is 0 Å². The predicted molar refractivity (Wildman–Crippen MR) is 123 cm³/mol. The topological polar surface area (TPSA) is 52.0 Å². The van der Waals surface area contributed by atoms with Crippen LogP contribution in [-0.4, -0.2) is 0 Å². The summed E-state index contributed by atoms with van der Waals surface area (Å²) in [7, 11) is 0. The minimum absolute atomic E-state index is 0.739. The molecule has 0 bridgehead atoms. The van der Waals surface area contributed by atoms with Crippen molar-refractivity contribution in [3.8, 4) is 22.3 Å². The molecule has 28 heavy (non-hydrogen) atoms. The maximum Gasteiger partial charge on any atom is 0.0406 e. The van der Waals surface area contributed by atoms with E-state index < -0.39 is 0 Å². The molecule has 0 saturated carbocycles. The molecule has 2 nitrogen and oxygen atoms in total. The smallest absolute Gasteiger partial charge is 0.0406 e. The Labute approximate surface area is 175 Å². The SMILES string of the molecule is Nc1ccc(-c2ccc(Cl)cc2)cc1.Nc1ccccc1-c1ccc(Cl)cc1. The Balaban J connectivity index is 0.000000161. The van der Waals surface area contributed by atoms with E-state index in [4.69, 9.17) is 34.7 Å². The fraction of sp³-hybridized carbons (Fsp3) is 0. The highest BCUT2D eigenvalue weighted by atomic mass is 35.5. The van der Waals surface area contributed by atoms with Crippen molar-refractivity contribution in [2.24, 2.45) is 0 Å². The molecule has 4 rings (SSSR count). The lowest BCUT2D eigenvalue weighted by molar-refractivity contribution is 1.61. The zero-order valence-corrected chi connectivity index (χ0v) is 16.7. The minimum Gasteiger partial charge on any atom is -0.399 e. The molecule has 0 heterocycles. The Kier molecular flexibility index (Phi) is 6.59. The monoisotopic (exact) mass is 406 g/mol. The van der Waals surface area contributed by atoms with Gasteiger partial charge in [0.25, 0.3) is 0 Å². The number of hydrogen-bond donors (Lipinski definition) is 2. The minimum atomic E-state index is 0.739. The quantitative estimate of drug-likeness (QED) is 0.346. The Morgan fingerprint density at radius 3 is 1.39 bits per heavy atom. The highest BCUT2D eigenvalue weighted by Crippen LogP contribution is 2.26. The van der Waals surface area contributed by atoms with Crippen LogP contribution in [0.4, 0.5) is 11.4 Å². The molecule has 4 aromatic carbocycles. The molecule has 0 atom stereocenters. The lowest BCUT2D eigenvalue weighted by Gasteiger charge is -2.04. The summed E-state index contributed by atoms with van der Waals surface area (Å²) in [4.78, 5) is 0. The highest BCUT2D eigenvalue weighted by molar-refractivity contribution is 6.30. The van der Waals surface area contributed by atoms with Crippen LogP contribution in [0, 0.1) is 0 Å². The van der Waals surface area contributed by atoms with Crippen LogP contribution in [0.1, 0.15) is 0 Å². The van der Waals surface area contributed by atoms with Gasteiger partial charge in [0.15, 0.2) is 0 Å². The van der Waals surface area contributed by atoms with Crippen LogP contribution in [0.2, 0.25) is 10.0 Å². The van der Waals surface area contributed by atoms with Gasteiger partial charge in [-0.2, -0.15) is 0 Å². The molecule has 0 aromatic heterocycles. The summed E-state index contributed by atoms with van der Waals surface area (Å²) < 4.78 is 0. The van der Waals surface area contributed by atoms with Crippen LogP contribution in [0.5, 0.6) is 0 Å². The standard InChI is InChI=1S/2C12H10ClN/c13-11-5-1-9(2-6-11)10-3-7-12(14)8-4-10;13-10-7-5-9(6-8-10)11-3-1-2-4-12(11)14/h2*1-8H,14H2. The molecular weight excluding hydrogens is 387 g/mol. The van der Waals surface area contributed by atoms with Crippen molar-refractivity contribution >= 4 is 34.6 Å². The van der Waals surface area contributed by atoms with E-state index in [1.165, 1.54) is 0 Å². The van der Waals surface area contributed by atoms with E-state index in [1.54, 1.807) is 0 Å². The van der Waals surface area contributed by atoms with Crippen molar-refractivity contribution in [2.45, 2.75) is 0 Å². The zero-order chi connectivity index (χ0) is 19.9. The van der Waals surface area contributed by atoms with E-state index in [-0.39, 0.29) is 0 Å². The maximum absolute atomic E-state index is 5.86. The fourth-order valence-corrected chi connectivity index (χ4v) is 2.96. The number of hydrogen-bond acceptors (Lipinski definition) is 2. The van der Waals surface area contributed by atoms with Crippen LogP contribution < -0.4 is 11.5 Å². The Morgan fingerprint density at radius 2 is 0.893 bits per heavy atom. The number of rotatable bonds is 2. The summed E-state index contributed by atoms with van der Waals surface area (Å²) >= 11 is 11.6. The Hall–Kier alpha value is -2.94. The van der Waals surface area contributed by atoms with Crippen molar-refractivity contribution in [3.63, 3.8) is 0 Å². The van der Waals surface area contributed by atoms with E-state index in [0.29, 0.717) is 0 Å². The first-order valence-corrected chi connectivity index (χ1v) is 9.50. The molecule has 0 aliphatic heterocycles. The van der Waals surface area contributed by atoms with Crippen molar-refractivity contribution in [1.29, 1.82) is 0 Å². The van der Waals surface area contributed by atoms with Gasteiger partial charge < -0.3 is 11.5 Å². The molecule has 0 aliphatic carbocycles. The van der Waals surface area contributed by atoms with Crippen LogP contribution in [-0.2, 0) is 0 Å². The van der Waals surface area contributed by atoms with Gasteiger partial charge in [-0.3, -0.25) is 0 Å². The van der Waals surface area contributed by atoms with E-state index in [1.807, 2.05) is 97.1 Å². The molecule has 140 valence electrons. The van der Waals surface area contributed by atoms with Crippen LogP contribution in [0.25, 0.3) is 22.3 Å². The van der Waals surface area contributed by atoms with Gasteiger partial charge in [-0.1, -0.05) is 77.8 Å². The van der Waals surface area contributed by atoms with Gasteiger partial charge >= 0.3 is 0 Å². The summed E-state index contributed by atoms with van der Waals surface area (Å²) in [6.45, 7) is 0. The van der Waals surface area contributed by atoms with E-state index in [2.05, 4.69) is 0 Å². The van der Waals surface area contributed by atoms with Crippen molar-refractivity contribution in [1.82, 2.24) is 0 Å². The van der Waals surface area contributed by atoms with Crippen molar-refractivity contribution < 1.29 is 0 Å². The molecular formula is C24H20Cl2N2. The number of nitrogen functional groups attached to an aromatic ring is 2. The molecule has 4 N–H and O–H groups in total. The van der Waals surface area contributed by atoms with Gasteiger partial charge in [0.05, 0.1) is 0 Å². The maximum atomic E-state index is 5.86.